The summed E-state index contributed by atoms with van der Waals surface area (Å²) in [5, 5.41) is 17.6. The van der Waals surface area contributed by atoms with Crippen molar-refractivity contribution >= 4 is 35.0 Å². The van der Waals surface area contributed by atoms with E-state index in [1.807, 2.05) is 13.8 Å². The highest BCUT2D eigenvalue weighted by molar-refractivity contribution is 6.01. The lowest BCUT2D eigenvalue weighted by molar-refractivity contribution is -0.125. The van der Waals surface area contributed by atoms with Crippen LogP contribution in [0.2, 0.25) is 0 Å². The molecule has 12 nitrogen and oxygen atoms in total. The van der Waals surface area contributed by atoms with Crippen molar-refractivity contribution in [3.05, 3.63) is 34.9 Å². The van der Waals surface area contributed by atoms with Crippen molar-refractivity contribution in [3.8, 4) is 5.75 Å². The van der Waals surface area contributed by atoms with Crippen LogP contribution in [0.1, 0.15) is 49.9 Å². The Labute approximate surface area is 221 Å². The molecule has 204 valence electrons. The van der Waals surface area contributed by atoms with E-state index in [1.165, 1.54) is 7.11 Å². The number of aliphatic hydroxyl groups is 1. The number of carbonyl (C=O) groups excluding carboxylic acids is 2. The molecule has 2 heterocycles. The van der Waals surface area contributed by atoms with Gasteiger partial charge in [-0.15, -0.1) is 0 Å². The minimum Gasteiger partial charge on any atom is -0.495 e. The number of nitrogens with one attached hydrogen (secondary N) is 2. The smallest absolute Gasteiger partial charge is 0.251 e. The zero-order valence-corrected chi connectivity index (χ0v) is 22.2. The Kier molecular flexibility index (Phi) is 8.10. The predicted octanol–water partition coefficient (Wildman–Crippen LogP) is 2.84. The molecule has 4 rings (SSSR count). The van der Waals surface area contributed by atoms with Gasteiger partial charge in [-0.25, -0.2) is 4.98 Å². The van der Waals surface area contributed by atoms with E-state index in [0.29, 0.717) is 47.0 Å². The molecule has 1 aliphatic heterocycles. The molecule has 2 amide bonds. The van der Waals surface area contributed by atoms with Crippen LogP contribution in [-0.4, -0.2) is 72.8 Å². The first-order valence-electron chi connectivity index (χ1n) is 12.8. The number of aliphatic hydroxyl groups excluding tert-OH is 1. The Morgan fingerprint density at radius 2 is 2.05 bits per heavy atom. The van der Waals surface area contributed by atoms with Crippen LogP contribution in [0.3, 0.4) is 0 Å². The SMILES string of the molecule is COc1cc(C(=O)NCC(CO)N=O)ccc1Nc1ncc2c(n1)N(C1CCCC1)CC(C)(C)C(=O)N2C. The maximum atomic E-state index is 13.2. The Hall–Kier alpha value is -3.80. The first-order chi connectivity index (χ1) is 18.2. The van der Waals surface area contributed by atoms with Crippen LogP contribution >= 0.6 is 0 Å². The van der Waals surface area contributed by atoms with Gasteiger partial charge < -0.3 is 30.3 Å². The van der Waals surface area contributed by atoms with Crippen LogP contribution in [0.4, 0.5) is 23.1 Å². The second-order valence-corrected chi connectivity index (χ2v) is 10.4. The third-order valence-electron chi connectivity index (χ3n) is 7.17. The fraction of sp³-hybridized carbons (Fsp3) is 0.538. The molecule has 38 heavy (non-hydrogen) atoms. The molecule has 0 spiro atoms. The molecule has 1 atom stereocenters. The number of amides is 2. The van der Waals surface area contributed by atoms with E-state index in [2.05, 4.69) is 25.7 Å². The van der Waals surface area contributed by atoms with Gasteiger partial charge in [0.25, 0.3) is 5.91 Å². The zero-order chi connectivity index (χ0) is 27.4. The predicted molar refractivity (Wildman–Crippen MR) is 144 cm³/mol. The van der Waals surface area contributed by atoms with Gasteiger partial charge in [0.1, 0.15) is 17.5 Å². The monoisotopic (exact) mass is 525 g/mol. The normalized spacial score (nSPS) is 18.0. The van der Waals surface area contributed by atoms with E-state index in [4.69, 9.17) is 14.8 Å². The first-order valence-corrected chi connectivity index (χ1v) is 12.8. The minimum atomic E-state index is -0.907. The topological polar surface area (TPSA) is 149 Å². The molecule has 1 saturated carbocycles. The molecule has 0 radical (unpaired) electrons. The van der Waals surface area contributed by atoms with Crippen LogP contribution < -0.4 is 25.2 Å². The molecule has 0 saturated heterocycles. The summed E-state index contributed by atoms with van der Waals surface area (Å²) >= 11 is 0. The van der Waals surface area contributed by atoms with E-state index in [1.54, 1.807) is 36.3 Å². The lowest BCUT2D eigenvalue weighted by Crippen LogP contribution is -2.45. The number of carbonyl (C=O) groups is 2. The molecular formula is C26H35N7O5. The number of nitroso groups, excluding NO2 is 1. The van der Waals surface area contributed by atoms with Gasteiger partial charge in [0.15, 0.2) is 5.82 Å². The molecule has 0 bridgehead atoms. The third kappa shape index (κ3) is 5.54. The van der Waals surface area contributed by atoms with E-state index in [-0.39, 0.29) is 12.5 Å². The van der Waals surface area contributed by atoms with Crippen LogP contribution in [-0.2, 0) is 4.79 Å². The van der Waals surface area contributed by atoms with Gasteiger partial charge in [0, 0.05) is 31.7 Å². The molecule has 1 aliphatic carbocycles. The van der Waals surface area contributed by atoms with Crippen LogP contribution in [0.5, 0.6) is 5.75 Å². The fourth-order valence-electron chi connectivity index (χ4n) is 5.03. The van der Waals surface area contributed by atoms with Crippen LogP contribution in [0.25, 0.3) is 0 Å². The summed E-state index contributed by atoms with van der Waals surface area (Å²) in [6.45, 7) is 3.97. The van der Waals surface area contributed by atoms with Gasteiger partial charge in [0.2, 0.25) is 11.9 Å². The van der Waals surface area contributed by atoms with Crippen molar-refractivity contribution < 1.29 is 19.4 Å². The highest BCUT2D eigenvalue weighted by Gasteiger charge is 2.41. The maximum Gasteiger partial charge on any atom is 0.251 e. The summed E-state index contributed by atoms with van der Waals surface area (Å²) in [5.74, 6) is 1.04. The second-order valence-electron chi connectivity index (χ2n) is 10.4. The minimum absolute atomic E-state index is 0.0216. The molecule has 1 aromatic carbocycles. The summed E-state index contributed by atoms with van der Waals surface area (Å²) in [6, 6.07) is 4.24. The third-order valence-corrected chi connectivity index (χ3v) is 7.17. The van der Waals surface area contributed by atoms with Gasteiger partial charge in [-0.3, -0.25) is 9.59 Å². The number of methoxy groups -OCH3 is 1. The van der Waals surface area contributed by atoms with Crippen LogP contribution in [0, 0.1) is 10.3 Å². The van der Waals surface area contributed by atoms with E-state index in [9.17, 15) is 14.5 Å². The van der Waals surface area contributed by atoms with Gasteiger partial charge in [0.05, 0.1) is 31.0 Å². The summed E-state index contributed by atoms with van der Waals surface area (Å²) in [7, 11) is 3.25. The second kappa shape index (κ2) is 11.3. The molecule has 12 heteroatoms. The van der Waals surface area contributed by atoms with Crippen molar-refractivity contribution in [1.82, 2.24) is 15.3 Å². The Morgan fingerprint density at radius 1 is 1.32 bits per heavy atom. The van der Waals surface area contributed by atoms with Gasteiger partial charge >= 0.3 is 0 Å². The Balaban J connectivity index is 1.61. The highest BCUT2D eigenvalue weighted by atomic mass is 16.5. The molecule has 2 aliphatic rings. The number of anilines is 4. The average Bonchev–Trinajstić information content (AvgIpc) is 3.44. The van der Waals surface area contributed by atoms with Crippen molar-refractivity contribution in [2.24, 2.45) is 10.6 Å². The largest absolute Gasteiger partial charge is 0.495 e. The molecule has 1 unspecified atom stereocenters. The number of ether oxygens (including phenoxy) is 1. The lowest BCUT2D eigenvalue weighted by atomic mass is 9.91. The summed E-state index contributed by atoms with van der Waals surface area (Å²) in [5.41, 5.74) is 0.956. The van der Waals surface area contributed by atoms with E-state index >= 15 is 0 Å². The molecular weight excluding hydrogens is 490 g/mol. The number of hydrogen-bond acceptors (Lipinski definition) is 10. The van der Waals surface area contributed by atoms with Gasteiger partial charge in [-0.2, -0.15) is 9.89 Å². The van der Waals surface area contributed by atoms with Crippen LogP contribution in [0.15, 0.2) is 29.6 Å². The fourth-order valence-corrected chi connectivity index (χ4v) is 5.03. The number of aromatic nitrogens is 2. The standard InChI is InChI=1S/C26H35N7O5/c1-26(2)15-33(18-7-5-6-8-18)22-20(32(3)24(26)36)13-28-25(30-22)29-19-10-9-16(11-21(19)38-4)23(35)27-12-17(14-34)31-37/h9-11,13,17-18,34H,5-8,12,14-15H2,1-4H3,(H,27,35)(H,28,29,30). The summed E-state index contributed by atoms with van der Waals surface area (Å²) in [4.78, 5) is 49.6. The van der Waals surface area contributed by atoms with Crippen molar-refractivity contribution in [2.45, 2.75) is 51.6 Å². The lowest BCUT2D eigenvalue weighted by Gasteiger charge is -2.34. The van der Waals surface area contributed by atoms with E-state index < -0.39 is 24.0 Å². The van der Waals surface area contributed by atoms with Crippen molar-refractivity contribution in [1.29, 1.82) is 0 Å². The average molecular weight is 526 g/mol. The van der Waals surface area contributed by atoms with E-state index in [0.717, 1.165) is 25.7 Å². The maximum absolute atomic E-state index is 13.2. The Bertz CT molecular complexity index is 1200. The Morgan fingerprint density at radius 3 is 2.71 bits per heavy atom. The summed E-state index contributed by atoms with van der Waals surface area (Å²) < 4.78 is 5.50. The first kappa shape index (κ1) is 27.2. The number of nitrogens with zero attached hydrogens (tertiary/aromatic N) is 5. The number of benzene rings is 1. The molecule has 2 aromatic rings. The van der Waals surface area contributed by atoms with Crippen molar-refractivity contribution in [2.75, 3.05) is 49.0 Å². The number of rotatable bonds is 9. The van der Waals surface area contributed by atoms with Crippen molar-refractivity contribution in [3.63, 3.8) is 0 Å². The number of fused-ring (bicyclic) bond motifs is 1. The zero-order valence-electron chi connectivity index (χ0n) is 22.2. The molecule has 1 aromatic heterocycles. The molecule has 1 fully saturated rings. The quantitative estimate of drug-likeness (QED) is 0.420. The highest BCUT2D eigenvalue weighted by Crippen LogP contribution is 2.40. The van der Waals surface area contributed by atoms with Gasteiger partial charge in [-0.05, 0) is 44.9 Å². The molecule has 3 N–H and O–H groups in total. The van der Waals surface area contributed by atoms with Gasteiger partial charge in [-0.1, -0.05) is 18.0 Å². The number of hydrogen-bond donors (Lipinski definition) is 3. The summed E-state index contributed by atoms with van der Waals surface area (Å²) in [6.07, 6.45) is 6.08.